The van der Waals surface area contributed by atoms with Crippen molar-refractivity contribution in [1.29, 1.82) is 0 Å². The van der Waals surface area contributed by atoms with Gasteiger partial charge in [0, 0.05) is 13.1 Å². The minimum absolute atomic E-state index is 0.000648. The van der Waals surface area contributed by atoms with E-state index in [9.17, 15) is 22.8 Å². The smallest absolute Gasteiger partial charge is 0.462 e. The summed E-state index contributed by atoms with van der Waals surface area (Å²) in [5, 5.41) is 2.41. The average Bonchev–Trinajstić information content (AvgIpc) is 2.62. The number of morpholine rings is 1. The van der Waals surface area contributed by atoms with Crippen molar-refractivity contribution in [3.63, 3.8) is 0 Å². The number of hydrogen-bond donors (Lipinski definition) is 1. The van der Waals surface area contributed by atoms with E-state index in [2.05, 4.69) is 10.1 Å². The molecule has 1 aliphatic rings. The first-order chi connectivity index (χ1) is 12.7. The van der Waals surface area contributed by atoms with Gasteiger partial charge in [0.25, 0.3) is 0 Å². The molecule has 1 aliphatic heterocycles. The molecule has 0 aromatic heterocycles. The summed E-state index contributed by atoms with van der Waals surface area (Å²) >= 11 is 0. The van der Waals surface area contributed by atoms with E-state index in [1.165, 1.54) is 0 Å². The van der Waals surface area contributed by atoms with Crippen molar-refractivity contribution < 1.29 is 37.0 Å². The number of alkyl halides is 3. The van der Waals surface area contributed by atoms with Crippen LogP contribution in [0.15, 0.2) is 18.2 Å². The van der Waals surface area contributed by atoms with Gasteiger partial charge in [-0.25, -0.2) is 4.79 Å². The summed E-state index contributed by atoms with van der Waals surface area (Å²) in [6.07, 6.45) is -4.94. The molecule has 150 valence electrons. The Balaban J connectivity index is 2.23. The van der Waals surface area contributed by atoms with Crippen LogP contribution in [-0.4, -0.2) is 62.1 Å². The van der Waals surface area contributed by atoms with E-state index in [0.29, 0.717) is 26.3 Å². The van der Waals surface area contributed by atoms with Crippen LogP contribution in [0.5, 0.6) is 5.75 Å². The summed E-state index contributed by atoms with van der Waals surface area (Å²) < 4.78 is 51.9. The van der Waals surface area contributed by atoms with Gasteiger partial charge in [0.05, 0.1) is 37.1 Å². The molecule has 2 rings (SSSR count). The SMILES string of the molecule is CCOC(=O)c1ccc(OC(F)(F)F)c(NC(=O)C(C)N2CCOCC2)c1. The van der Waals surface area contributed by atoms with Crippen molar-refractivity contribution in [2.75, 3.05) is 38.2 Å². The molecule has 0 aliphatic carbocycles. The molecule has 0 bridgehead atoms. The maximum Gasteiger partial charge on any atom is 0.573 e. The molecule has 1 atom stereocenters. The van der Waals surface area contributed by atoms with Crippen molar-refractivity contribution in [2.45, 2.75) is 26.3 Å². The van der Waals surface area contributed by atoms with Crippen LogP contribution in [0.25, 0.3) is 0 Å². The molecule has 0 radical (unpaired) electrons. The number of esters is 1. The van der Waals surface area contributed by atoms with E-state index in [0.717, 1.165) is 18.2 Å². The third-order valence-electron chi connectivity index (χ3n) is 3.95. The molecule has 27 heavy (non-hydrogen) atoms. The quantitative estimate of drug-likeness (QED) is 0.752. The van der Waals surface area contributed by atoms with Crippen LogP contribution in [-0.2, 0) is 14.3 Å². The highest BCUT2D eigenvalue weighted by Gasteiger charge is 2.33. The van der Waals surface area contributed by atoms with Crippen molar-refractivity contribution in [3.8, 4) is 5.75 Å². The van der Waals surface area contributed by atoms with Crippen LogP contribution in [0.1, 0.15) is 24.2 Å². The highest BCUT2D eigenvalue weighted by molar-refractivity contribution is 5.98. The second-order valence-electron chi connectivity index (χ2n) is 5.79. The standard InChI is InChI=1S/C17H21F3N2O5/c1-3-26-16(24)12-4-5-14(27-17(18,19)20)13(10-12)21-15(23)11(2)22-6-8-25-9-7-22/h4-5,10-11H,3,6-9H2,1-2H3,(H,21,23). The summed E-state index contributed by atoms with van der Waals surface area (Å²) in [5.41, 5.74) is -0.260. The lowest BCUT2D eigenvalue weighted by Gasteiger charge is -2.31. The Kier molecular flexibility index (Phi) is 7.03. The van der Waals surface area contributed by atoms with Gasteiger partial charge >= 0.3 is 12.3 Å². The molecule has 1 fully saturated rings. The third-order valence-corrected chi connectivity index (χ3v) is 3.95. The summed E-state index contributed by atoms with van der Waals surface area (Å²) in [4.78, 5) is 26.2. The molecule has 1 N–H and O–H groups in total. The number of halogens is 3. The van der Waals surface area contributed by atoms with Gasteiger partial charge in [-0.1, -0.05) is 0 Å². The second-order valence-corrected chi connectivity index (χ2v) is 5.79. The van der Waals surface area contributed by atoms with Crippen LogP contribution in [0, 0.1) is 0 Å². The lowest BCUT2D eigenvalue weighted by Crippen LogP contribution is -2.47. The van der Waals surface area contributed by atoms with Crippen molar-refractivity contribution >= 4 is 17.6 Å². The predicted molar refractivity (Wildman–Crippen MR) is 89.6 cm³/mol. The number of anilines is 1. The van der Waals surface area contributed by atoms with Gasteiger partial charge in [0.2, 0.25) is 5.91 Å². The number of carbonyl (C=O) groups is 2. The average molecular weight is 390 g/mol. The number of hydrogen-bond acceptors (Lipinski definition) is 6. The highest BCUT2D eigenvalue weighted by Crippen LogP contribution is 2.31. The number of carbonyl (C=O) groups excluding carboxylic acids is 2. The van der Waals surface area contributed by atoms with Gasteiger partial charge in [0.15, 0.2) is 5.75 Å². The predicted octanol–water partition coefficient (Wildman–Crippen LogP) is 2.42. The minimum atomic E-state index is -4.94. The lowest BCUT2D eigenvalue weighted by molar-refractivity contribution is -0.274. The molecule has 1 aromatic rings. The Morgan fingerprint density at radius 3 is 2.56 bits per heavy atom. The van der Waals surface area contributed by atoms with Gasteiger partial charge in [-0.2, -0.15) is 0 Å². The molecule has 1 saturated heterocycles. The molecule has 0 spiro atoms. The van der Waals surface area contributed by atoms with Crippen LogP contribution < -0.4 is 10.1 Å². The van der Waals surface area contributed by atoms with E-state index in [1.807, 2.05) is 4.90 Å². The van der Waals surface area contributed by atoms with Gasteiger partial charge in [0.1, 0.15) is 0 Å². The van der Waals surface area contributed by atoms with Gasteiger partial charge in [-0.15, -0.1) is 13.2 Å². The Bertz CT molecular complexity index is 675. The maximum absolute atomic E-state index is 12.6. The first-order valence-corrected chi connectivity index (χ1v) is 8.41. The zero-order valence-electron chi connectivity index (χ0n) is 15.0. The summed E-state index contributed by atoms with van der Waals surface area (Å²) in [7, 11) is 0. The zero-order valence-corrected chi connectivity index (χ0v) is 15.0. The fraction of sp³-hybridized carbons (Fsp3) is 0.529. The molecule has 1 amide bonds. The van der Waals surface area contributed by atoms with Gasteiger partial charge < -0.3 is 19.5 Å². The van der Waals surface area contributed by atoms with Crippen LogP contribution in [0.4, 0.5) is 18.9 Å². The van der Waals surface area contributed by atoms with Gasteiger partial charge in [-0.05, 0) is 32.0 Å². The molecular formula is C17H21F3N2O5. The number of benzene rings is 1. The minimum Gasteiger partial charge on any atom is -0.462 e. The van der Waals surface area contributed by atoms with E-state index in [-0.39, 0.29) is 17.9 Å². The Morgan fingerprint density at radius 2 is 1.96 bits per heavy atom. The number of nitrogens with zero attached hydrogens (tertiary/aromatic N) is 1. The number of ether oxygens (including phenoxy) is 3. The molecule has 10 heteroatoms. The van der Waals surface area contributed by atoms with Gasteiger partial charge in [-0.3, -0.25) is 9.69 Å². The Morgan fingerprint density at radius 1 is 1.30 bits per heavy atom. The van der Waals surface area contributed by atoms with Crippen molar-refractivity contribution in [2.24, 2.45) is 0 Å². The lowest BCUT2D eigenvalue weighted by atomic mass is 10.1. The van der Waals surface area contributed by atoms with Crippen LogP contribution in [0.3, 0.4) is 0 Å². The fourth-order valence-electron chi connectivity index (χ4n) is 2.55. The molecule has 1 unspecified atom stereocenters. The molecule has 0 saturated carbocycles. The molecule has 1 aromatic carbocycles. The fourth-order valence-corrected chi connectivity index (χ4v) is 2.55. The number of nitrogens with one attached hydrogen (secondary N) is 1. The second kappa shape index (κ2) is 9.05. The van der Waals surface area contributed by atoms with Crippen molar-refractivity contribution in [1.82, 2.24) is 4.90 Å². The monoisotopic (exact) mass is 390 g/mol. The first kappa shape index (κ1) is 21.0. The van der Waals surface area contributed by atoms with Crippen LogP contribution >= 0.6 is 0 Å². The van der Waals surface area contributed by atoms with E-state index >= 15 is 0 Å². The van der Waals surface area contributed by atoms with E-state index in [1.54, 1.807) is 13.8 Å². The molecular weight excluding hydrogens is 369 g/mol. The highest BCUT2D eigenvalue weighted by atomic mass is 19.4. The Labute approximate surface area is 154 Å². The summed E-state index contributed by atoms with van der Waals surface area (Å²) in [6.45, 7) is 5.35. The van der Waals surface area contributed by atoms with Crippen molar-refractivity contribution in [3.05, 3.63) is 23.8 Å². The zero-order chi connectivity index (χ0) is 20.0. The third kappa shape index (κ3) is 6.10. The van der Waals surface area contributed by atoms with E-state index in [4.69, 9.17) is 9.47 Å². The van der Waals surface area contributed by atoms with E-state index < -0.39 is 30.0 Å². The summed E-state index contributed by atoms with van der Waals surface area (Å²) in [5.74, 6) is -1.85. The maximum atomic E-state index is 12.6. The first-order valence-electron chi connectivity index (χ1n) is 8.41. The Hall–Kier alpha value is -2.33. The normalized spacial score (nSPS) is 16.5. The molecule has 1 heterocycles. The topological polar surface area (TPSA) is 77.1 Å². The molecule has 7 nitrogen and oxygen atoms in total. The number of rotatable bonds is 6. The largest absolute Gasteiger partial charge is 0.573 e. The van der Waals surface area contributed by atoms with Crippen LogP contribution in [0.2, 0.25) is 0 Å². The summed E-state index contributed by atoms with van der Waals surface area (Å²) in [6, 6.07) is 2.61. The number of amides is 1.